The third-order valence-electron chi connectivity index (χ3n) is 6.08. The maximum Gasteiger partial charge on any atom is 0.219 e. The molecule has 0 bridgehead atoms. The molecule has 3 heterocycles. The van der Waals surface area contributed by atoms with Gasteiger partial charge in [0.15, 0.2) is 0 Å². The Hall–Kier alpha value is -1.77. The number of nitrogens with one attached hydrogen (secondary N) is 2. The van der Waals surface area contributed by atoms with E-state index in [1.807, 2.05) is 4.90 Å². The Labute approximate surface area is 154 Å². The van der Waals surface area contributed by atoms with Crippen molar-refractivity contribution in [1.29, 1.82) is 0 Å². The summed E-state index contributed by atoms with van der Waals surface area (Å²) in [6.07, 6.45) is 5.27. The predicted octanol–water partition coefficient (Wildman–Crippen LogP) is 0.478. The van der Waals surface area contributed by atoms with E-state index in [-0.39, 0.29) is 11.9 Å². The minimum atomic E-state index is 0.144. The minimum Gasteiger partial charge on any atom is -0.381 e. The topological polar surface area (TPSA) is 82.6 Å². The van der Waals surface area contributed by atoms with Gasteiger partial charge in [0.1, 0.15) is 12.1 Å². The quantitative estimate of drug-likeness (QED) is 0.811. The molecule has 26 heavy (non-hydrogen) atoms. The van der Waals surface area contributed by atoms with E-state index in [1.54, 1.807) is 20.4 Å². The lowest BCUT2D eigenvalue weighted by atomic mass is 9.79. The highest BCUT2D eigenvalue weighted by molar-refractivity contribution is 5.73. The van der Waals surface area contributed by atoms with Gasteiger partial charge in [-0.3, -0.25) is 10.2 Å². The number of ether oxygens (including phenoxy) is 1. The molecular weight excluding hydrogens is 332 g/mol. The summed E-state index contributed by atoms with van der Waals surface area (Å²) in [6, 6.07) is 2.75. The number of carbonyl (C=O) groups is 1. The predicted molar refractivity (Wildman–Crippen MR) is 97.4 cm³/mol. The van der Waals surface area contributed by atoms with E-state index in [9.17, 15) is 4.79 Å². The molecule has 8 nitrogen and oxygen atoms in total. The smallest absolute Gasteiger partial charge is 0.219 e. The summed E-state index contributed by atoms with van der Waals surface area (Å²) in [5.74, 6) is 1.57. The van der Waals surface area contributed by atoms with Gasteiger partial charge in [-0.1, -0.05) is 0 Å². The first-order valence-electron chi connectivity index (χ1n) is 9.52. The van der Waals surface area contributed by atoms with Gasteiger partial charge in [0, 0.05) is 58.2 Å². The first kappa shape index (κ1) is 17.6. The Morgan fingerprint density at radius 2 is 2.00 bits per heavy atom. The first-order chi connectivity index (χ1) is 12.7. The van der Waals surface area contributed by atoms with Crippen LogP contribution in [0.15, 0.2) is 12.4 Å². The van der Waals surface area contributed by atoms with Crippen LogP contribution in [0.2, 0.25) is 0 Å². The molecule has 2 N–H and O–H groups in total. The lowest BCUT2D eigenvalue weighted by Crippen LogP contribution is -2.48. The van der Waals surface area contributed by atoms with Crippen LogP contribution in [0.1, 0.15) is 37.9 Å². The fourth-order valence-corrected chi connectivity index (χ4v) is 4.48. The Kier molecular flexibility index (Phi) is 5.06. The lowest BCUT2D eigenvalue weighted by molar-refractivity contribution is -0.129. The van der Waals surface area contributed by atoms with Crippen molar-refractivity contribution >= 4 is 11.7 Å². The van der Waals surface area contributed by atoms with Gasteiger partial charge >= 0.3 is 0 Å². The van der Waals surface area contributed by atoms with Crippen molar-refractivity contribution < 1.29 is 9.53 Å². The van der Waals surface area contributed by atoms with Crippen molar-refractivity contribution in [2.24, 2.45) is 5.92 Å². The normalized spacial score (nSPS) is 31.8. The highest BCUT2D eigenvalue weighted by atomic mass is 16.5. The van der Waals surface area contributed by atoms with Gasteiger partial charge in [-0.05, 0) is 19.3 Å². The molecule has 1 amide bonds. The fourth-order valence-electron chi connectivity index (χ4n) is 4.48. The first-order valence-corrected chi connectivity index (χ1v) is 9.52. The number of methoxy groups -OCH3 is 1. The number of anilines is 1. The van der Waals surface area contributed by atoms with Crippen LogP contribution >= 0.6 is 0 Å². The van der Waals surface area contributed by atoms with Crippen LogP contribution in [-0.2, 0) is 9.53 Å². The number of rotatable bonds is 3. The molecule has 8 heteroatoms. The summed E-state index contributed by atoms with van der Waals surface area (Å²) >= 11 is 0. The van der Waals surface area contributed by atoms with Gasteiger partial charge in [0.2, 0.25) is 5.91 Å². The van der Waals surface area contributed by atoms with Gasteiger partial charge in [0.05, 0.1) is 17.8 Å². The average molecular weight is 360 g/mol. The van der Waals surface area contributed by atoms with E-state index in [1.165, 1.54) is 0 Å². The number of hydrazine groups is 1. The van der Waals surface area contributed by atoms with E-state index in [2.05, 4.69) is 31.8 Å². The number of aromatic nitrogens is 2. The van der Waals surface area contributed by atoms with Crippen LogP contribution < -0.4 is 15.8 Å². The second kappa shape index (κ2) is 7.46. The van der Waals surface area contributed by atoms with E-state index in [0.717, 1.165) is 57.0 Å². The second-order valence-electron chi connectivity index (χ2n) is 7.50. The van der Waals surface area contributed by atoms with Crippen molar-refractivity contribution in [1.82, 2.24) is 25.7 Å². The number of amides is 1. The molecule has 3 aliphatic rings. The molecular formula is C18H28N6O2. The number of hydrogen-bond acceptors (Lipinski definition) is 7. The zero-order chi connectivity index (χ0) is 18.1. The molecule has 1 aliphatic carbocycles. The molecule has 1 aromatic rings. The monoisotopic (exact) mass is 360 g/mol. The zero-order valence-electron chi connectivity index (χ0n) is 15.5. The largest absolute Gasteiger partial charge is 0.381 e. The van der Waals surface area contributed by atoms with Gasteiger partial charge in [-0.15, -0.1) is 0 Å². The van der Waals surface area contributed by atoms with Gasteiger partial charge in [-0.2, -0.15) is 0 Å². The molecule has 3 fully saturated rings. The fraction of sp³-hybridized carbons (Fsp3) is 0.722. The lowest BCUT2D eigenvalue weighted by Gasteiger charge is -2.35. The van der Waals surface area contributed by atoms with Crippen molar-refractivity contribution in [3.8, 4) is 0 Å². The highest BCUT2D eigenvalue weighted by Crippen LogP contribution is 2.38. The summed E-state index contributed by atoms with van der Waals surface area (Å²) in [7, 11) is 1.80. The van der Waals surface area contributed by atoms with Crippen molar-refractivity contribution in [2.75, 3.05) is 38.2 Å². The van der Waals surface area contributed by atoms with Crippen molar-refractivity contribution in [3.05, 3.63) is 18.1 Å². The summed E-state index contributed by atoms with van der Waals surface area (Å²) in [5.41, 5.74) is 7.92. The molecule has 0 aromatic carbocycles. The van der Waals surface area contributed by atoms with Crippen LogP contribution in [-0.4, -0.2) is 66.2 Å². The van der Waals surface area contributed by atoms with Gasteiger partial charge in [0.25, 0.3) is 0 Å². The van der Waals surface area contributed by atoms with E-state index in [4.69, 9.17) is 4.74 Å². The van der Waals surface area contributed by atoms with Gasteiger partial charge < -0.3 is 14.5 Å². The molecule has 4 atom stereocenters. The molecule has 0 radical (unpaired) electrons. The third kappa shape index (κ3) is 3.41. The van der Waals surface area contributed by atoms with Crippen LogP contribution in [0.25, 0.3) is 0 Å². The number of fused-ring (bicyclic) bond motifs is 1. The molecule has 4 rings (SSSR count). The minimum absolute atomic E-state index is 0.144. The maximum absolute atomic E-state index is 11.5. The van der Waals surface area contributed by atoms with Crippen LogP contribution in [0, 0.1) is 5.92 Å². The van der Waals surface area contributed by atoms with E-state index < -0.39 is 0 Å². The molecule has 4 unspecified atom stereocenters. The number of nitrogens with zero attached hydrogens (tertiary/aromatic N) is 4. The Balaban J connectivity index is 1.47. The Morgan fingerprint density at radius 3 is 2.73 bits per heavy atom. The summed E-state index contributed by atoms with van der Waals surface area (Å²) in [5, 5.41) is 0. The highest BCUT2D eigenvalue weighted by Gasteiger charge is 2.41. The zero-order valence-corrected chi connectivity index (χ0v) is 15.5. The SMILES string of the molecule is COC1CCC2NNC(c3cc(N4CCN(C(C)=O)CC4)ncn3)C2C1. The number of piperazine rings is 1. The van der Waals surface area contributed by atoms with E-state index >= 15 is 0 Å². The molecule has 1 aromatic heterocycles. The van der Waals surface area contributed by atoms with E-state index in [0.29, 0.717) is 18.1 Å². The summed E-state index contributed by atoms with van der Waals surface area (Å²) in [4.78, 5) is 24.7. The Morgan fingerprint density at radius 1 is 1.19 bits per heavy atom. The number of hydrogen-bond donors (Lipinski definition) is 2. The third-order valence-corrected chi connectivity index (χ3v) is 6.08. The summed E-state index contributed by atoms with van der Waals surface area (Å²) in [6.45, 7) is 4.75. The molecule has 142 valence electrons. The molecule has 2 aliphatic heterocycles. The van der Waals surface area contributed by atoms with Crippen molar-refractivity contribution in [2.45, 2.75) is 44.4 Å². The van der Waals surface area contributed by atoms with Crippen molar-refractivity contribution in [3.63, 3.8) is 0 Å². The van der Waals surface area contributed by atoms with Gasteiger partial charge in [-0.25, -0.2) is 15.4 Å². The molecule has 1 saturated carbocycles. The maximum atomic E-state index is 11.5. The number of carbonyl (C=O) groups excluding carboxylic acids is 1. The standard InChI is InChI=1S/C18H28N6O2/c1-12(25)23-5-7-24(8-6-23)17-10-16(19-11-20-17)18-14-9-13(26-2)3-4-15(14)21-22-18/h10-11,13-15,18,21-22H,3-9H2,1-2H3. The second-order valence-corrected chi connectivity index (χ2v) is 7.50. The van der Waals surface area contributed by atoms with Crippen LogP contribution in [0.3, 0.4) is 0 Å². The van der Waals surface area contributed by atoms with Crippen LogP contribution in [0.5, 0.6) is 0 Å². The molecule has 0 spiro atoms. The van der Waals surface area contributed by atoms with Crippen LogP contribution in [0.4, 0.5) is 5.82 Å². The molecule has 2 saturated heterocycles. The average Bonchev–Trinajstić information content (AvgIpc) is 3.11. The summed E-state index contributed by atoms with van der Waals surface area (Å²) < 4.78 is 5.60. The Bertz CT molecular complexity index is 648.